The maximum Gasteiger partial charge on any atom is 0.123 e. The maximum absolute atomic E-state index is 13.2. The van der Waals surface area contributed by atoms with Crippen LogP contribution in [0.15, 0.2) is 48.5 Å². The number of benzene rings is 2. The van der Waals surface area contributed by atoms with E-state index in [9.17, 15) is 9.50 Å². The van der Waals surface area contributed by atoms with Gasteiger partial charge in [-0.3, -0.25) is 0 Å². The fraction of sp³-hybridized carbons (Fsp3) is 0.294. The van der Waals surface area contributed by atoms with Crippen molar-refractivity contribution in [3.63, 3.8) is 0 Å². The summed E-state index contributed by atoms with van der Waals surface area (Å²) in [6.45, 7) is 6.43. The van der Waals surface area contributed by atoms with E-state index in [1.165, 1.54) is 17.7 Å². The van der Waals surface area contributed by atoms with Crippen LogP contribution in [-0.4, -0.2) is 5.11 Å². The summed E-state index contributed by atoms with van der Waals surface area (Å²) in [5, 5.41) is 10.2. The van der Waals surface area contributed by atoms with E-state index in [2.05, 4.69) is 20.8 Å². The quantitative estimate of drug-likeness (QED) is 0.855. The topological polar surface area (TPSA) is 20.2 Å². The van der Waals surface area contributed by atoms with Crippen molar-refractivity contribution in [2.24, 2.45) is 0 Å². The standard InChI is InChI=1S/C17H19FO/c1-17(2,3)14-9-7-12(8-10-14)16(19)13-5-4-6-15(18)11-13/h4-11,16,19H,1-3H3/t16-/m0/s1. The molecular weight excluding hydrogens is 239 g/mol. The Labute approximate surface area is 113 Å². The van der Waals surface area contributed by atoms with Crippen molar-refractivity contribution in [2.45, 2.75) is 32.3 Å². The number of aliphatic hydroxyl groups is 1. The lowest BCUT2D eigenvalue weighted by atomic mass is 9.86. The van der Waals surface area contributed by atoms with Crippen molar-refractivity contribution in [3.05, 3.63) is 71.0 Å². The molecule has 0 amide bonds. The van der Waals surface area contributed by atoms with E-state index in [0.29, 0.717) is 5.56 Å². The van der Waals surface area contributed by atoms with Crippen LogP contribution in [0.4, 0.5) is 4.39 Å². The minimum atomic E-state index is -0.787. The molecule has 1 nitrogen and oxygen atoms in total. The Kier molecular flexibility index (Phi) is 3.72. The predicted molar refractivity (Wildman–Crippen MR) is 75.6 cm³/mol. The smallest absolute Gasteiger partial charge is 0.123 e. The van der Waals surface area contributed by atoms with Gasteiger partial charge in [-0.1, -0.05) is 57.2 Å². The first-order chi connectivity index (χ1) is 8.88. The van der Waals surface area contributed by atoms with Crippen molar-refractivity contribution in [3.8, 4) is 0 Å². The molecule has 0 aliphatic heterocycles. The lowest BCUT2D eigenvalue weighted by Gasteiger charge is -2.20. The van der Waals surface area contributed by atoms with E-state index >= 15 is 0 Å². The van der Waals surface area contributed by atoms with Crippen LogP contribution in [-0.2, 0) is 5.41 Å². The third-order valence-electron chi connectivity index (χ3n) is 3.26. The van der Waals surface area contributed by atoms with Crippen LogP contribution < -0.4 is 0 Å². The molecule has 2 aromatic carbocycles. The van der Waals surface area contributed by atoms with Crippen LogP contribution in [0.2, 0.25) is 0 Å². The average Bonchev–Trinajstić information content (AvgIpc) is 2.37. The van der Waals surface area contributed by atoms with Gasteiger partial charge in [0.15, 0.2) is 0 Å². The Morgan fingerprint density at radius 2 is 1.58 bits per heavy atom. The van der Waals surface area contributed by atoms with Crippen molar-refractivity contribution in [1.82, 2.24) is 0 Å². The normalized spacial score (nSPS) is 13.3. The van der Waals surface area contributed by atoms with Crippen molar-refractivity contribution in [2.75, 3.05) is 0 Å². The van der Waals surface area contributed by atoms with Crippen LogP contribution >= 0.6 is 0 Å². The fourth-order valence-corrected chi connectivity index (χ4v) is 2.03. The number of hydrogen-bond acceptors (Lipinski definition) is 1. The molecule has 0 spiro atoms. The highest BCUT2D eigenvalue weighted by Gasteiger charge is 2.15. The molecule has 0 radical (unpaired) electrons. The highest BCUT2D eigenvalue weighted by Crippen LogP contribution is 2.26. The number of halogens is 1. The average molecular weight is 258 g/mol. The minimum absolute atomic E-state index is 0.0857. The fourth-order valence-electron chi connectivity index (χ4n) is 2.03. The minimum Gasteiger partial charge on any atom is -0.384 e. The van der Waals surface area contributed by atoms with Crippen LogP contribution in [0.5, 0.6) is 0 Å². The highest BCUT2D eigenvalue weighted by molar-refractivity contribution is 5.34. The van der Waals surface area contributed by atoms with Gasteiger partial charge in [0, 0.05) is 0 Å². The molecule has 0 fully saturated rings. The Morgan fingerprint density at radius 1 is 0.947 bits per heavy atom. The summed E-state index contributed by atoms with van der Waals surface area (Å²) in [5.41, 5.74) is 2.65. The molecule has 0 saturated carbocycles. The monoisotopic (exact) mass is 258 g/mol. The lowest BCUT2D eigenvalue weighted by molar-refractivity contribution is 0.219. The molecule has 0 aromatic heterocycles. The van der Waals surface area contributed by atoms with Crippen molar-refractivity contribution >= 4 is 0 Å². The van der Waals surface area contributed by atoms with Gasteiger partial charge < -0.3 is 5.11 Å². The molecule has 0 aliphatic carbocycles. The number of aliphatic hydroxyl groups excluding tert-OH is 1. The van der Waals surface area contributed by atoms with E-state index in [-0.39, 0.29) is 11.2 Å². The van der Waals surface area contributed by atoms with Gasteiger partial charge in [0.25, 0.3) is 0 Å². The summed E-state index contributed by atoms with van der Waals surface area (Å²) >= 11 is 0. The van der Waals surface area contributed by atoms with Crippen LogP contribution in [0, 0.1) is 5.82 Å². The van der Waals surface area contributed by atoms with E-state index < -0.39 is 6.10 Å². The van der Waals surface area contributed by atoms with Gasteiger partial charge in [-0.25, -0.2) is 4.39 Å². The molecule has 19 heavy (non-hydrogen) atoms. The maximum atomic E-state index is 13.2. The van der Waals surface area contributed by atoms with Crippen LogP contribution in [0.3, 0.4) is 0 Å². The second kappa shape index (κ2) is 5.14. The molecule has 0 heterocycles. The summed E-state index contributed by atoms with van der Waals surface area (Å²) in [4.78, 5) is 0. The second-order valence-electron chi connectivity index (χ2n) is 5.83. The highest BCUT2D eigenvalue weighted by atomic mass is 19.1. The zero-order valence-corrected chi connectivity index (χ0v) is 11.5. The first kappa shape index (κ1) is 13.8. The number of hydrogen-bond donors (Lipinski definition) is 1. The summed E-state index contributed by atoms with van der Waals surface area (Å²) in [7, 11) is 0. The molecule has 0 bridgehead atoms. The van der Waals surface area contributed by atoms with Gasteiger partial charge in [-0.05, 0) is 34.2 Å². The third kappa shape index (κ3) is 3.21. The molecule has 0 saturated heterocycles. The summed E-state index contributed by atoms with van der Waals surface area (Å²) in [6, 6.07) is 13.9. The second-order valence-corrected chi connectivity index (χ2v) is 5.83. The SMILES string of the molecule is CC(C)(C)c1ccc([C@H](O)c2cccc(F)c2)cc1. The van der Waals surface area contributed by atoms with Gasteiger partial charge in [0.1, 0.15) is 11.9 Å². The zero-order valence-electron chi connectivity index (χ0n) is 11.5. The summed E-state index contributed by atoms with van der Waals surface area (Å²) < 4.78 is 13.2. The molecule has 2 aromatic rings. The largest absolute Gasteiger partial charge is 0.384 e. The molecule has 0 aliphatic rings. The molecule has 0 unspecified atom stereocenters. The van der Waals surface area contributed by atoms with Crippen LogP contribution in [0.25, 0.3) is 0 Å². The first-order valence-corrected chi connectivity index (χ1v) is 6.42. The molecule has 2 rings (SSSR count). The van der Waals surface area contributed by atoms with Crippen molar-refractivity contribution < 1.29 is 9.50 Å². The van der Waals surface area contributed by atoms with E-state index in [0.717, 1.165) is 5.56 Å². The van der Waals surface area contributed by atoms with Crippen molar-refractivity contribution in [1.29, 1.82) is 0 Å². The Bertz CT molecular complexity index is 552. The van der Waals surface area contributed by atoms with Gasteiger partial charge in [0.2, 0.25) is 0 Å². The van der Waals surface area contributed by atoms with Gasteiger partial charge >= 0.3 is 0 Å². The number of rotatable bonds is 2. The van der Waals surface area contributed by atoms with E-state index in [1.54, 1.807) is 12.1 Å². The summed E-state index contributed by atoms with van der Waals surface area (Å²) in [5.74, 6) is -0.331. The van der Waals surface area contributed by atoms with Crippen LogP contribution in [0.1, 0.15) is 43.6 Å². The Morgan fingerprint density at radius 3 is 2.11 bits per heavy atom. The molecule has 1 atom stereocenters. The van der Waals surface area contributed by atoms with Gasteiger partial charge in [-0.15, -0.1) is 0 Å². The third-order valence-corrected chi connectivity index (χ3v) is 3.26. The Hall–Kier alpha value is -1.67. The molecule has 1 N–H and O–H groups in total. The Balaban J connectivity index is 2.27. The molecule has 2 heteroatoms. The van der Waals surface area contributed by atoms with Gasteiger partial charge in [-0.2, -0.15) is 0 Å². The lowest BCUT2D eigenvalue weighted by Crippen LogP contribution is -2.11. The van der Waals surface area contributed by atoms with E-state index in [1.807, 2.05) is 24.3 Å². The molecule has 100 valence electrons. The first-order valence-electron chi connectivity index (χ1n) is 6.42. The zero-order chi connectivity index (χ0) is 14.0. The van der Waals surface area contributed by atoms with E-state index in [4.69, 9.17) is 0 Å². The van der Waals surface area contributed by atoms with Gasteiger partial charge in [0.05, 0.1) is 0 Å². The molecular formula is C17H19FO. The summed E-state index contributed by atoms with van der Waals surface area (Å²) in [6.07, 6.45) is -0.787. The predicted octanol–water partition coefficient (Wildman–Crippen LogP) is 4.20.